The van der Waals surface area contributed by atoms with Gasteiger partial charge < -0.3 is 14.5 Å². The SMILES string of the molecule is O=c1c2[nH]cc(Cc3c(F)cc(F)cc3F)c2ccn1Cc1nc2ncccc2[nH]1. The highest BCUT2D eigenvalue weighted by atomic mass is 19.1. The summed E-state index contributed by atoms with van der Waals surface area (Å²) < 4.78 is 42.6. The summed E-state index contributed by atoms with van der Waals surface area (Å²) in [6, 6.07) is 6.61. The summed E-state index contributed by atoms with van der Waals surface area (Å²) in [5.74, 6) is -2.33. The molecule has 4 aromatic heterocycles. The summed E-state index contributed by atoms with van der Waals surface area (Å²) in [6.45, 7) is 0.209. The number of pyridine rings is 2. The molecule has 0 aliphatic heterocycles. The average molecular weight is 409 g/mol. The van der Waals surface area contributed by atoms with Crippen molar-refractivity contribution in [2.45, 2.75) is 13.0 Å². The molecule has 0 unspecified atom stereocenters. The molecule has 0 spiro atoms. The van der Waals surface area contributed by atoms with Gasteiger partial charge in [0, 0.05) is 48.1 Å². The maximum atomic E-state index is 14.0. The van der Waals surface area contributed by atoms with Gasteiger partial charge in [0.25, 0.3) is 5.56 Å². The molecule has 0 amide bonds. The highest BCUT2D eigenvalue weighted by molar-refractivity contribution is 5.82. The minimum atomic E-state index is -0.976. The monoisotopic (exact) mass is 409 g/mol. The third-order valence-electron chi connectivity index (χ3n) is 5.00. The largest absolute Gasteiger partial charge is 0.356 e. The molecule has 0 bridgehead atoms. The molecule has 6 nitrogen and oxygen atoms in total. The first-order chi connectivity index (χ1) is 14.5. The van der Waals surface area contributed by atoms with Gasteiger partial charge in [-0.2, -0.15) is 0 Å². The van der Waals surface area contributed by atoms with E-state index in [0.29, 0.717) is 40.1 Å². The van der Waals surface area contributed by atoms with Gasteiger partial charge in [0.15, 0.2) is 5.65 Å². The number of hydrogen-bond acceptors (Lipinski definition) is 3. The number of hydrogen-bond donors (Lipinski definition) is 2. The van der Waals surface area contributed by atoms with Crippen LogP contribution < -0.4 is 5.56 Å². The van der Waals surface area contributed by atoms with Gasteiger partial charge in [-0.25, -0.2) is 23.1 Å². The van der Waals surface area contributed by atoms with E-state index in [4.69, 9.17) is 0 Å². The Balaban J connectivity index is 1.50. The Kier molecular flexibility index (Phi) is 4.16. The van der Waals surface area contributed by atoms with Crippen LogP contribution in [-0.4, -0.2) is 24.5 Å². The molecule has 2 N–H and O–H groups in total. The Hall–Kier alpha value is -3.88. The molecule has 4 heterocycles. The molecule has 5 rings (SSSR count). The molecule has 0 aliphatic carbocycles. The van der Waals surface area contributed by atoms with Gasteiger partial charge in [-0.05, 0) is 23.8 Å². The van der Waals surface area contributed by atoms with Gasteiger partial charge >= 0.3 is 0 Å². The number of imidazole rings is 1. The van der Waals surface area contributed by atoms with Crippen LogP contribution in [0.2, 0.25) is 0 Å². The van der Waals surface area contributed by atoms with E-state index >= 15 is 0 Å². The number of H-pyrrole nitrogens is 2. The zero-order valence-corrected chi connectivity index (χ0v) is 15.4. The van der Waals surface area contributed by atoms with Crippen LogP contribution in [0.3, 0.4) is 0 Å². The molecule has 5 aromatic rings. The minimum Gasteiger partial charge on any atom is -0.356 e. The number of aromatic nitrogens is 5. The van der Waals surface area contributed by atoms with Crippen molar-refractivity contribution in [3.05, 3.63) is 93.7 Å². The minimum absolute atomic E-state index is 0.114. The summed E-state index contributed by atoms with van der Waals surface area (Å²) >= 11 is 0. The lowest BCUT2D eigenvalue weighted by atomic mass is 10.0. The first-order valence-corrected chi connectivity index (χ1v) is 9.12. The van der Waals surface area contributed by atoms with Crippen molar-refractivity contribution in [3.8, 4) is 0 Å². The number of rotatable bonds is 4. The number of aromatic amines is 2. The van der Waals surface area contributed by atoms with Gasteiger partial charge in [0.1, 0.15) is 28.8 Å². The lowest BCUT2D eigenvalue weighted by Gasteiger charge is -2.06. The van der Waals surface area contributed by atoms with E-state index in [1.807, 2.05) is 6.07 Å². The molecule has 0 aliphatic rings. The van der Waals surface area contributed by atoms with Gasteiger partial charge in [-0.15, -0.1) is 0 Å². The van der Waals surface area contributed by atoms with Gasteiger partial charge in [0.2, 0.25) is 0 Å². The molecule has 1 aromatic carbocycles. The number of nitrogens with one attached hydrogen (secondary N) is 2. The maximum Gasteiger partial charge on any atom is 0.275 e. The Morgan fingerprint density at radius 1 is 1.10 bits per heavy atom. The molecular weight excluding hydrogens is 395 g/mol. The van der Waals surface area contributed by atoms with E-state index in [2.05, 4.69) is 19.9 Å². The van der Waals surface area contributed by atoms with Crippen molar-refractivity contribution in [2.75, 3.05) is 0 Å². The second kappa shape index (κ2) is 6.87. The molecule has 0 saturated heterocycles. The van der Waals surface area contributed by atoms with Crippen LogP contribution in [0.25, 0.3) is 22.1 Å². The van der Waals surface area contributed by atoms with E-state index in [0.717, 1.165) is 5.52 Å². The molecule has 0 radical (unpaired) electrons. The van der Waals surface area contributed by atoms with Crippen molar-refractivity contribution >= 4 is 22.1 Å². The molecular formula is C21H14F3N5O. The fraction of sp³-hybridized carbons (Fsp3) is 0.0952. The van der Waals surface area contributed by atoms with E-state index in [-0.39, 0.29) is 24.1 Å². The van der Waals surface area contributed by atoms with Crippen LogP contribution >= 0.6 is 0 Å². The number of nitrogens with zero attached hydrogens (tertiary/aromatic N) is 3. The quantitative estimate of drug-likeness (QED) is 0.476. The third-order valence-corrected chi connectivity index (χ3v) is 5.00. The Labute approximate surface area is 167 Å². The molecule has 9 heteroatoms. The van der Waals surface area contributed by atoms with Crippen molar-refractivity contribution < 1.29 is 13.2 Å². The summed E-state index contributed by atoms with van der Waals surface area (Å²) in [5.41, 5.74) is 1.62. The van der Waals surface area contributed by atoms with Crippen LogP contribution in [0.1, 0.15) is 17.0 Å². The number of halogens is 3. The first-order valence-electron chi connectivity index (χ1n) is 9.12. The lowest BCUT2D eigenvalue weighted by molar-refractivity contribution is 0.528. The van der Waals surface area contributed by atoms with E-state index in [1.165, 1.54) is 10.8 Å². The normalized spacial score (nSPS) is 11.6. The number of benzene rings is 1. The second-order valence-electron chi connectivity index (χ2n) is 6.93. The van der Waals surface area contributed by atoms with Gasteiger partial charge in [-0.3, -0.25) is 4.79 Å². The zero-order valence-electron chi connectivity index (χ0n) is 15.4. The first kappa shape index (κ1) is 18.2. The van der Waals surface area contributed by atoms with E-state index in [9.17, 15) is 18.0 Å². The average Bonchev–Trinajstić information content (AvgIpc) is 3.30. The smallest absolute Gasteiger partial charge is 0.275 e. The topological polar surface area (TPSA) is 79.4 Å². The predicted octanol–water partition coefficient (Wildman–Crippen LogP) is 3.66. The summed E-state index contributed by atoms with van der Waals surface area (Å²) in [5, 5.41) is 0.547. The number of fused-ring (bicyclic) bond motifs is 2. The van der Waals surface area contributed by atoms with Crippen molar-refractivity contribution in [1.82, 2.24) is 24.5 Å². The van der Waals surface area contributed by atoms with Crippen LogP contribution in [-0.2, 0) is 13.0 Å². The standard InChI is InChI=1S/C21H14F3N5O/c22-12-7-15(23)14(16(24)8-12)6-11-9-26-19-13(11)3-5-29(21(19)30)10-18-27-17-2-1-4-25-20(17)28-18/h1-5,7-9,26H,6,10H2,(H,25,27,28). The maximum absolute atomic E-state index is 14.0. The summed E-state index contributed by atoms with van der Waals surface area (Å²) in [6.07, 6.45) is 4.65. The predicted molar refractivity (Wildman–Crippen MR) is 105 cm³/mol. The molecule has 30 heavy (non-hydrogen) atoms. The zero-order chi connectivity index (χ0) is 20.8. The second-order valence-corrected chi connectivity index (χ2v) is 6.93. The molecule has 0 atom stereocenters. The van der Waals surface area contributed by atoms with Crippen LogP contribution in [0.15, 0.2) is 53.7 Å². The van der Waals surface area contributed by atoms with E-state index in [1.54, 1.807) is 24.5 Å². The summed E-state index contributed by atoms with van der Waals surface area (Å²) in [4.78, 5) is 27.4. The van der Waals surface area contributed by atoms with Gasteiger partial charge in [-0.1, -0.05) is 0 Å². The van der Waals surface area contributed by atoms with Crippen molar-refractivity contribution in [1.29, 1.82) is 0 Å². The lowest BCUT2D eigenvalue weighted by Crippen LogP contribution is -2.20. The molecule has 0 saturated carbocycles. The van der Waals surface area contributed by atoms with E-state index < -0.39 is 17.5 Å². The van der Waals surface area contributed by atoms with Crippen LogP contribution in [0.5, 0.6) is 0 Å². The Bertz CT molecular complexity index is 1410. The highest BCUT2D eigenvalue weighted by Gasteiger charge is 2.16. The van der Waals surface area contributed by atoms with Crippen molar-refractivity contribution in [2.24, 2.45) is 0 Å². The summed E-state index contributed by atoms with van der Waals surface area (Å²) in [7, 11) is 0. The van der Waals surface area contributed by atoms with Crippen molar-refractivity contribution in [3.63, 3.8) is 0 Å². The fourth-order valence-electron chi connectivity index (χ4n) is 3.55. The molecule has 0 fully saturated rings. The third kappa shape index (κ3) is 3.04. The van der Waals surface area contributed by atoms with Crippen LogP contribution in [0.4, 0.5) is 13.2 Å². The fourth-order valence-corrected chi connectivity index (χ4v) is 3.55. The highest BCUT2D eigenvalue weighted by Crippen LogP contribution is 2.23. The van der Waals surface area contributed by atoms with Crippen LogP contribution in [0, 0.1) is 17.5 Å². The van der Waals surface area contributed by atoms with Gasteiger partial charge in [0.05, 0.1) is 12.1 Å². The Morgan fingerprint density at radius 2 is 1.90 bits per heavy atom. The molecule has 150 valence electrons. The Morgan fingerprint density at radius 3 is 2.67 bits per heavy atom.